The van der Waals surface area contributed by atoms with E-state index in [0.717, 1.165) is 16.5 Å². The SMILES string of the molecule is Cc1ccc2ccn(C(=O)CCl)c2c1. The number of aryl methyl sites for hydroxylation is 1. The Hall–Kier alpha value is -1.28. The highest BCUT2D eigenvalue weighted by Crippen LogP contribution is 2.17. The van der Waals surface area contributed by atoms with Crippen molar-refractivity contribution < 1.29 is 4.79 Å². The second kappa shape index (κ2) is 3.46. The summed E-state index contributed by atoms with van der Waals surface area (Å²) in [7, 11) is 0. The summed E-state index contributed by atoms with van der Waals surface area (Å²) >= 11 is 5.51. The summed E-state index contributed by atoms with van der Waals surface area (Å²) in [4.78, 5) is 11.4. The minimum Gasteiger partial charge on any atom is -0.286 e. The second-order valence-corrected chi connectivity index (χ2v) is 3.54. The number of aromatic nitrogens is 1. The fourth-order valence-electron chi connectivity index (χ4n) is 1.52. The molecule has 0 N–H and O–H groups in total. The Morgan fingerprint density at radius 2 is 2.21 bits per heavy atom. The second-order valence-electron chi connectivity index (χ2n) is 3.28. The molecule has 0 fully saturated rings. The summed E-state index contributed by atoms with van der Waals surface area (Å²) in [5.41, 5.74) is 2.07. The van der Waals surface area contributed by atoms with Gasteiger partial charge in [-0.25, -0.2) is 0 Å². The number of nitrogens with zero attached hydrogens (tertiary/aromatic N) is 1. The van der Waals surface area contributed by atoms with E-state index in [2.05, 4.69) is 0 Å². The highest BCUT2D eigenvalue weighted by molar-refractivity contribution is 6.28. The lowest BCUT2D eigenvalue weighted by molar-refractivity contribution is 0.0945. The van der Waals surface area contributed by atoms with Crippen LogP contribution in [0.1, 0.15) is 10.4 Å². The van der Waals surface area contributed by atoms with Crippen LogP contribution in [0.15, 0.2) is 30.5 Å². The zero-order chi connectivity index (χ0) is 10.1. The van der Waals surface area contributed by atoms with E-state index >= 15 is 0 Å². The highest BCUT2D eigenvalue weighted by Gasteiger charge is 2.06. The van der Waals surface area contributed by atoms with E-state index in [1.807, 2.05) is 31.2 Å². The summed E-state index contributed by atoms with van der Waals surface area (Å²) in [6, 6.07) is 7.93. The Morgan fingerprint density at radius 3 is 2.93 bits per heavy atom. The fraction of sp³-hybridized carbons (Fsp3) is 0.182. The topological polar surface area (TPSA) is 22.0 Å². The van der Waals surface area contributed by atoms with Crippen LogP contribution in [0.3, 0.4) is 0 Å². The Bertz CT molecular complexity index is 487. The van der Waals surface area contributed by atoms with Crippen LogP contribution in [0.25, 0.3) is 10.9 Å². The number of benzene rings is 1. The van der Waals surface area contributed by atoms with E-state index < -0.39 is 0 Å². The van der Waals surface area contributed by atoms with Gasteiger partial charge in [0.2, 0.25) is 5.91 Å². The van der Waals surface area contributed by atoms with Crippen molar-refractivity contribution in [3.63, 3.8) is 0 Å². The van der Waals surface area contributed by atoms with Crippen LogP contribution in [0.5, 0.6) is 0 Å². The van der Waals surface area contributed by atoms with E-state index in [4.69, 9.17) is 11.6 Å². The first-order chi connectivity index (χ1) is 6.72. The van der Waals surface area contributed by atoms with Crippen molar-refractivity contribution >= 4 is 28.4 Å². The Balaban J connectivity index is 2.67. The minimum atomic E-state index is -0.0905. The molecule has 0 amide bonds. The van der Waals surface area contributed by atoms with E-state index in [9.17, 15) is 4.79 Å². The summed E-state index contributed by atoms with van der Waals surface area (Å²) in [5.74, 6) is -0.0789. The zero-order valence-corrected chi connectivity index (χ0v) is 8.58. The maximum atomic E-state index is 11.4. The van der Waals surface area contributed by atoms with Gasteiger partial charge in [0.05, 0.1) is 5.52 Å². The number of carbonyl (C=O) groups excluding carboxylic acids is 1. The van der Waals surface area contributed by atoms with Gasteiger partial charge in [-0.05, 0) is 24.6 Å². The maximum Gasteiger partial charge on any atom is 0.245 e. The highest BCUT2D eigenvalue weighted by atomic mass is 35.5. The maximum absolute atomic E-state index is 11.4. The van der Waals surface area contributed by atoms with Crippen LogP contribution in [0, 0.1) is 6.92 Å². The molecule has 1 aromatic heterocycles. The molecule has 1 aromatic carbocycles. The van der Waals surface area contributed by atoms with Crippen molar-refractivity contribution in [1.82, 2.24) is 4.57 Å². The molecule has 0 bridgehead atoms. The lowest BCUT2D eigenvalue weighted by Gasteiger charge is -2.01. The first-order valence-electron chi connectivity index (χ1n) is 4.39. The molecule has 0 saturated carbocycles. The number of alkyl halides is 1. The summed E-state index contributed by atoms with van der Waals surface area (Å²) in [6.07, 6.45) is 1.76. The average molecular weight is 208 g/mol. The van der Waals surface area contributed by atoms with Gasteiger partial charge in [0, 0.05) is 11.6 Å². The zero-order valence-electron chi connectivity index (χ0n) is 7.83. The van der Waals surface area contributed by atoms with Crippen molar-refractivity contribution in [2.24, 2.45) is 0 Å². The van der Waals surface area contributed by atoms with E-state index in [1.54, 1.807) is 10.8 Å². The van der Waals surface area contributed by atoms with Crippen molar-refractivity contribution in [2.45, 2.75) is 6.92 Å². The van der Waals surface area contributed by atoms with Gasteiger partial charge in [-0.1, -0.05) is 12.1 Å². The lowest BCUT2D eigenvalue weighted by Crippen LogP contribution is -2.09. The Labute approximate surface area is 87.1 Å². The number of carbonyl (C=O) groups is 1. The van der Waals surface area contributed by atoms with E-state index in [-0.39, 0.29) is 11.8 Å². The van der Waals surface area contributed by atoms with Crippen molar-refractivity contribution in [2.75, 3.05) is 5.88 Å². The quantitative estimate of drug-likeness (QED) is 0.660. The van der Waals surface area contributed by atoms with Gasteiger partial charge < -0.3 is 0 Å². The summed E-state index contributed by atoms with van der Waals surface area (Å²) in [6.45, 7) is 2.00. The molecule has 0 aliphatic rings. The van der Waals surface area contributed by atoms with Gasteiger partial charge in [-0.2, -0.15) is 0 Å². The normalized spacial score (nSPS) is 10.7. The average Bonchev–Trinajstić information content (AvgIpc) is 2.59. The molecule has 0 spiro atoms. The first kappa shape index (κ1) is 9.28. The third-order valence-electron chi connectivity index (χ3n) is 2.23. The molecule has 0 saturated heterocycles. The van der Waals surface area contributed by atoms with Crippen LogP contribution >= 0.6 is 11.6 Å². The van der Waals surface area contributed by atoms with Gasteiger partial charge in [0.15, 0.2) is 0 Å². The Kier molecular flexibility index (Phi) is 2.30. The van der Waals surface area contributed by atoms with Crippen molar-refractivity contribution in [3.8, 4) is 0 Å². The monoisotopic (exact) mass is 207 g/mol. The molecule has 72 valence electrons. The molecule has 2 aromatic rings. The number of fused-ring (bicyclic) bond motifs is 1. The van der Waals surface area contributed by atoms with Gasteiger partial charge in [0.25, 0.3) is 0 Å². The molecule has 0 radical (unpaired) electrons. The molecule has 3 heteroatoms. The summed E-state index contributed by atoms with van der Waals surface area (Å²) in [5, 5.41) is 1.06. The smallest absolute Gasteiger partial charge is 0.245 e. The van der Waals surface area contributed by atoms with Gasteiger partial charge in [-0.15, -0.1) is 11.6 Å². The number of rotatable bonds is 1. The molecule has 0 atom stereocenters. The van der Waals surface area contributed by atoms with E-state index in [1.165, 1.54) is 0 Å². The molecule has 14 heavy (non-hydrogen) atoms. The van der Waals surface area contributed by atoms with Crippen LogP contribution in [-0.4, -0.2) is 16.4 Å². The molecule has 0 unspecified atom stereocenters. The number of halogens is 1. The fourth-order valence-corrected chi connectivity index (χ4v) is 1.65. The molecular weight excluding hydrogens is 198 g/mol. The van der Waals surface area contributed by atoms with Crippen LogP contribution < -0.4 is 0 Å². The largest absolute Gasteiger partial charge is 0.286 e. The predicted octanol–water partition coefficient (Wildman–Crippen LogP) is 2.83. The molecule has 0 aliphatic carbocycles. The standard InChI is InChI=1S/C11H10ClNO/c1-8-2-3-9-4-5-13(10(9)6-8)11(14)7-12/h2-6H,7H2,1H3. The van der Waals surface area contributed by atoms with Crippen LogP contribution in [0.4, 0.5) is 0 Å². The van der Waals surface area contributed by atoms with Gasteiger partial charge >= 0.3 is 0 Å². The predicted molar refractivity (Wildman–Crippen MR) is 58.0 cm³/mol. The molecule has 1 heterocycles. The van der Waals surface area contributed by atoms with Crippen LogP contribution in [-0.2, 0) is 0 Å². The van der Waals surface area contributed by atoms with E-state index in [0.29, 0.717) is 0 Å². The third kappa shape index (κ3) is 1.42. The molecule has 2 rings (SSSR count). The Morgan fingerprint density at radius 1 is 1.43 bits per heavy atom. The molecule has 0 aliphatic heterocycles. The number of hydrogen-bond donors (Lipinski definition) is 0. The molecular formula is C11H10ClNO. The lowest BCUT2D eigenvalue weighted by atomic mass is 10.2. The molecule has 2 nitrogen and oxygen atoms in total. The van der Waals surface area contributed by atoms with Gasteiger partial charge in [0.1, 0.15) is 5.88 Å². The third-order valence-corrected chi connectivity index (χ3v) is 2.46. The summed E-state index contributed by atoms with van der Waals surface area (Å²) < 4.78 is 1.59. The van der Waals surface area contributed by atoms with Crippen molar-refractivity contribution in [3.05, 3.63) is 36.0 Å². The van der Waals surface area contributed by atoms with Crippen molar-refractivity contribution in [1.29, 1.82) is 0 Å². The number of hydrogen-bond acceptors (Lipinski definition) is 1. The first-order valence-corrected chi connectivity index (χ1v) is 4.92. The van der Waals surface area contributed by atoms with Crippen LogP contribution in [0.2, 0.25) is 0 Å². The van der Waals surface area contributed by atoms with Gasteiger partial charge in [-0.3, -0.25) is 9.36 Å². The minimum absolute atomic E-state index is 0.0116.